The Bertz CT molecular complexity index is 656. The van der Waals surface area contributed by atoms with Crippen LogP contribution in [0.1, 0.15) is 30.2 Å². The number of fused-ring (bicyclic) bond motifs is 1. The van der Waals surface area contributed by atoms with E-state index < -0.39 is 0 Å². The van der Waals surface area contributed by atoms with Crippen LogP contribution in [0.2, 0.25) is 10.0 Å². The van der Waals surface area contributed by atoms with Crippen molar-refractivity contribution in [1.29, 1.82) is 0 Å². The summed E-state index contributed by atoms with van der Waals surface area (Å²) in [7, 11) is 0. The Morgan fingerprint density at radius 1 is 1.32 bits per heavy atom. The number of benzene rings is 1. The highest BCUT2D eigenvalue weighted by atomic mass is 35.5. The molecule has 0 saturated carbocycles. The molecule has 0 amide bonds. The van der Waals surface area contributed by atoms with Gasteiger partial charge in [-0.05, 0) is 48.6 Å². The summed E-state index contributed by atoms with van der Waals surface area (Å²) < 4.78 is 2.03. The van der Waals surface area contributed by atoms with E-state index in [0.717, 1.165) is 18.4 Å². The van der Waals surface area contributed by atoms with Crippen molar-refractivity contribution in [3.8, 4) is 0 Å². The van der Waals surface area contributed by atoms with Crippen molar-refractivity contribution >= 4 is 28.8 Å². The summed E-state index contributed by atoms with van der Waals surface area (Å²) in [5, 5.41) is 5.83. The molecule has 4 heteroatoms. The van der Waals surface area contributed by atoms with Crippen molar-refractivity contribution in [2.45, 2.75) is 26.3 Å². The van der Waals surface area contributed by atoms with Gasteiger partial charge in [-0.3, -0.25) is 4.68 Å². The largest absolute Gasteiger partial charge is 0.260 e. The SMILES string of the molecule is C/C=C1\CCc2cnn(Cc3ccc(Cl)cc3Cl)c21. The van der Waals surface area contributed by atoms with Crippen molar-refractivity contribution in [3.63, 3.8) is 0 Å². The Labute approximate surface area is 122 Å². The molecule has 19 heavy (non-hydrogen) atoms. The van der Waals surface area contributed by atoms with E-state index in [9.17, 15) is 0 Å². The van der Waals surface area contributed by atoms with E-state index in [1.54, 1.807) is 6.07 Å². The van der Waals surface area contributed by atoms with Gasteiger partial charge in [-0.1, -0.05) is 35.3 Å². The second-order valence-electron chi connectivity index (χ2n) is 4.73. The van der Waals surface area contributed by atoms with Gasteiger partial charge in [0.15, 0.2) is 0 Å². The minimum absolute atomic E-state index is 0.661. The highest BCUT2D eigenvalue weighted by Crippen LogP contribution is 2.32. The number of allylic oxidation sites excluding steroid dienone is 2. The lowest BCUT2D eigenvalue weighted by Gasteiger charge is -2.09. The second-order valence-corrected chi connectivity index (χ2v) is 5.57. The van der Waals surface area contributed by atoms with E-state index in [2.05, 4.69) is 18.1 Å². The van der Waals surface area contributed by atoms with Gasteiger partial charge in [0.1, 0.15) is 0 Å². The third kappa shape index (κ3) is 2.31. The third-order valence-electron chi connectivity index (χ3n) is 3.57. The molecule has 0 spiro atoms. The number of nitrogens with zero attached hydrogens (tertiary/aromatic N) is 2. The highest BCUT2D eigenvalue weighted by Gasteiger charge is 2.21. The van der Waals surface area contributed by atoms with Crippen LogP contribution in [0.4, 0.5) is 0 Å². The van der Waals surface area contributed by atoms with Gasteiger partial charge >= 0.3 is 0 Å². The molecule has 2 aromatic rings. The molecule has 1 aromatic carbocycles. The van der Waals surface area contributed by atoms with Crippen LogP contribution in [-0.2, 0) is 13.0 Å². The molecule has 0 saturated heterocycles. The Hall–Kier alpha value is -1.25. The quantitative estimate of drug-likeness (QED) is 0.792. The first-order valence-corrected chi connectivity index (χ1v) is 7.09. The summed E-state index contributed by atoms with van der Waals surface area (Å²) in [6, 6.07) is 5.60. The number of rotatable bonds is 2. The van der Waals surface area contributed by atoms with Crippen LogP contribution in [0, 0.1) is 0 Å². The van der Waals surface area contributed by atoms with Gasteiger partial charge in [-0.2, -0.15) is 5.10 Å². The summed E-state index contributed by atoms with van der Waals surface area (Å²) in [4.78, 5) is 0. The molecule has 0 aliphatic heterocycles. The molecule has 1 aliphatic rings. The Morgan fingerprint density at radius 3 is 2.89 bits per heavy atom. The standard InChI is InChI=1S/C15H14Cl2N2/c1-2-10-3-4-11-8-18-19(15(10)11)9-12-5-6-13(16)7-14(12)17/h2,5-8H,3-4,9H2,1H3/b10-2+. The van der Waals surface area contributed by atoms with Gasteiger partial charge in [0.05, 0.1) is 18.4 Å². The van der Waals surface area contributed by atoms with Crippen molar-refractivity contribution < 1.29 is 0 Å². The summed E-state index contributed by atoms with van der Waals surface area (Å²) in [5.74, 6) is 0. The molecule has 1 aromatic heterocycles. The molecule has 1 aliphatic carbocycles. The van der Waals surface area contributed by atoms with Crippen LogP contribution in [0.3, 0.4) is 0 Å². The normalized spacial score (nSPS) is 16.1. The van der Waals surface area contributed by atoms with Gasteiger partial charge in [0.2, 0.25) is 0 Å². The fourth-order valence-corrected chi connectivity index (χ4v) is 3.05. The van der Waals surface area contributed by atoms with Gasteiger partial charge in [-0.25, -0.2) is 0 Å². The zero-order chi connectivity index (χ0) is 13.4. The van der Waals surface area contributed by atoms with Crippen molar-refractivity contribution in [1.82, 2.24) is 9.78 Å². The van der Waals surface area contributed by atoms with E-state index in [1.807, 2.05) is 23.0 Å². The molecular formula is C15H14Cl2N2. The predicted molar refractivity (Wildman–Crippen MR) is 79.8 cm³/mol. The van der Waals surface area contributed by atoms with Crippen LogP contribution in [0.5, 0.6) is 0 Å². The van der Waals surface area contributed by atoms with Gasteiger partial charge < -0.3 is 0 Å². The molecule has 0 fully saturated rings. The van der Waals surface area contributed by atoms with Gasteiger partial charge in [0, 0.05) is 10.0 Å². The fourth-order valence-electron chi connectivity index (χ4n) is 2.58. The Kier molecular flexibility index (Phi) is 3.38. The Morgan fingerprint density at radius 2 is 2.16 bits per heavy atom. The second kappa shape index (κ2) is 5.03. The average molecular weight is 293 g/mol. The van der Waals surface area contributed by atoms with Crippen molar-refractivity contribution in [2.75, 3.05) is 0 Å². The van der Waals surface area contributed by atoms with E-state index in [1.165, 1.54) is 16.8 Å². The summed E-state index contributed by atoms with van der Waals surface area (Å²) in [5.41, 5.74) is 5.00. The molecule has 0 unspecified atom stereocenters. The van der Waals surface area contributed by atoms with Crippen LogP contribution >= 0.6 is 23.2 Å². The number of hydrogen-bond acceptors (Lipinski definition) is 1. The Balaban J connectivity index is 1.97. The first kappa shape index (κ1) is 12.8. The van der Waals surface area contributed by atoms with Gasteiger partial charge in [0.25, 0.3) is 0 Å². The van der Waals surface area contributed by atoms with Crippen LogP contribution < -0.4 is 0 Å². The molecule has 1 heterocycles. The lowest BCUT2D eigenvalue weighted by Crippen LogP contribution is -2.05. The van der Waals surface area contributed by atoms with Crippen LogP contribution in [0.25, 0.3) is 5.57 Å². The third-order valence-corrected chi connectivity index (χ3v) is 4.15. The van der Waals surface area contributed by atoms with E-state index in [4.69, 9.17) is 23.2 Å². The van der Waals surface area contributed by atoms with Gasteiger partial charge in [-0.15, -0.1) is 0 Å². The van der Waals surface area contributed by atoms with Crippen molar-refractivity contribution in [3.05, 3.63) is 57.3 Å². The summed E-state index contributed by atoms with van der Waals surface area (Å²) in [6.07, 6.45) is 6.34. The minimum Gasteiger partial charge on any atom is -0.260 e. The van der Waals surface area contributed by atoms with Crippen LogP contribution in [-0.4, -0.2) is 9.78 Å². The van der Waals surface area contributed by atoms with E-state index in [-0.39, 0.29) is 0 Å². The molecule has 0 atom stereocenters. The van der Waals surface area contributed by atoms with E-state index in [0.29, 0.717) is 16.6 Å². The molecule has 98 valence electrons. The number of aromatic nitrogens is 2. The highest BCUT2D eigenvalue weighted by molar-refractivity contribution is 6.35. The molecule has 0 N–H and O–H groups in total. The number of halogens is 2. The molecular weight excluding hydrogens is 279 g/mol. The maximum Gasteiger partial charge on any atom is 0.0681 e. The lowest BCUT2D eigenvalue weighted by atomic mass is 10.2. The average Bonchev–Trinajstić information content (AvgIpc) is 2.95. The monoisotopic (exact) mass is 292 g/mol. The lowest BCUT2D eigenvalue weighted by molar-refractivity contribution is 0.677. The molecule has 0 bridgehead atoms. The molecule has 2 nitrogen and oxygen atoms in total. The summed E-state index contributed by atoms with van der Waals surface area (Å²) >= 11 is 12.1. The molecule has 0 radical (unpaired) electrons. The fraction of sp³-hybridized carbons (Fsp3) is 0.267. The molecule has 3 rings (SSSR count). The predicted octanol–water partition coefficient (Wildman–Crippen LogP) is 4.59. The zero-order valence-electron chi connectivity index (χ0n) is 10.7. The smallest absolute Gasteiger partial charge is 0.0681 e. The van der Waals surface area contributed by atoms with Crippen molar-refractivity contribution in [2.24, 2.45) is 0 Å². The number of aryl methyl sites for hydroxylation is 1. The first-order chi connectivity index (χ1) is 9.19. The number of hydrogen-bond donors (Lipinski definition) is 0. The zero-order valence-corrected chi connectivity index (χ0v) is 12.2. The van der Waals surface area contributed by atoms with E-state index >= 15 is 0 Å². The summed E-state index contributed by atoms with van der Waals surface area (Å²) in [6.45, 7) is 2.76. The maximum absolute atomic E-state index is 6.23. The first-order valence-electron chi connectivity index (χ1n) is 6.33. The maximum atomic E-state index is 6.23. The topological polar surface area (TPSA) is 17.8 Å². The minimum atomic E-state index is 0.661. The van der Waals surface area contributed by atoms with Crippen LogP contribution in [0.15, 0.2) is 30.5 Å².